The van der Waals surface area contributed by atoms with Gasteiger partial charge in [-0.3, -0.25) is 0 Å². The Morgan fingerprint density at radius 1 is 1.50 bits per heavy atom. The topological polar surface area (TPSA) is 39.1 Å². The average Bonchev–Trinajstić information content (AvgIpc) is 2.36. The van der Waals surface area contributed by atoms with Crippen molar-refractivity contribution in [2.45, 2.75) is 31.8 Å². The van der Waals surface area contributed by atoms with E-state index in [4.69, 9.17) is 5.26 Å². The van der Waals surface area contributed by atoms with Gasteiger partial charge in [-0.2, -0.15) is 5.26 Å². The van der Waals surface area contributed by atoms with Crippen LogP contribution in [-0.2, 0) is 0 Å². The molecule has 96 valence electrons. The maximum Gasteiger partial charge on any atom is 0.0992 e. The van der Waals surface area contributed by atoms with Crippen LogP contribution < -0.4 is 5.32 Å². The van der Waals surface area contributed by atoms with Gasteiger partial charge in [-0.15, -0.1) is 0 Å². The van der Waals surface area contributed by atoms with Gasteiger partial charge in [0.2, 0.25) is 0 Å². The normalized spacial score (nSPS) is 24.6. The molecule has 1 aliphatic heterocycles. The molecule has 1 heterocycles. The summed E-state index contributed by atoms with van der Waals surface area (Å²) >= 11 is 3.52. The molecule has 2 atom stereocenters. The van der Waals surface area contributed by atoms with Crippen molar-refractivity contribution in [3.05, 3.63) is 28.2 Å². The van der Waals surface area contributed by atoms with Crippen LogP contribution in [0.25, 0.3) is 0 Å². The summed E-state index contributed by atoms with van der Waals surface area (Å²) in [5.74, 6) is 0. The Morgan fingerprint density at radius 3 is 2.89 bits per heavy atom. The molecule has 3 nitrogen and oxygen atoms in total. The minimum Gasteiger partial charge on any atom is -0.381 e. The van der Waals surface area contributed by atoms with Crippen LogP contribution in [0, 0.1) is 11.3 Å². The molecule has 1 fully saturated rings. The minimum absolute atomic E-state index is 0.514. The second-order valence-corrected chi connectivity index (χ2v) is 5.86. The number of hydrogen-bond acceptors (Lipinski definition) is 3. The van der Waals surface area contributed by atoms with Crippen molar-refractivity contribution >= 4 is 21.6 Å². The summed E-state index contributed by atoms with van der Waals surface area (Å²) in [5.41, 5.74) is 1.76. The summed E-state index contributed by atoms with van der Waals surface area (Å²) in [6.45, 7) is 3.40. The summed E-state index contributed by atoms with van der Waals surface area (Å²) in [6, 6.07) is 8.97. The first-order valence-electron chi connectivity index (χ1n) is 6.26. The van der Waals surface area contributed by atoms with Gasteiger partial charge in [-0.1, -0.05) is 0 Å². The Morgan fingerprint density at radius 2 is 2.28 bits per heavy atom. The standard InChI is InChI=1S/C14H18BrN3/c1-10-7-12(5-6-18(10)2)17-14-4-3-11(9-16)8-13(14)15/h3-4,8,10,12,17H,5-7H2,1-2H3. The number of nitrogens with one attached hydrogen (secondary N) is 1. The highest BCUT2D eigenvalue weighted by Crippen LogP contribution is 2.27. The highest BCUT2D eigenvalue weighted by atomic mass is 79.9. The van der Waals surface area contributed by atoms with Crippen molar-refractivity contribution in [1.29, 1.82) is 5.26 Å². The molecular weight excluding hydrogens is 290 g/mol. The van der Waals surface area contributed by atoms with Gasteiger partial charge in [0.1, 0.15) is 0 Å². The lowest BCUT2D eigenvalue weighted by atomic mass is 9.98. The smallest absolute Gasteiger partial charge is 0.0992 e. The Kier molecular flexibility index (Phi) is 4.26. The number of benzene rings is 1. The van der Waals surface area contributed by atoms with Crippen LogP contribution in [0.5, 0.6) is 0 Å². The molecule has 0 radical (unpaired) electrons. The Hall–Kier alpha value is -1.05. The number of piperidine rings is 1. The van der Waals surface area contributed by atoms with Gasteiger partial charge in [0.25, 0.3) is 0 Å². The van der Waals surface area contributed by atoms with Crippen LogP contribution in [0.1, 0.15) is 25.3 Å². The third kappa shape index (κ3) is 3.04. The molecular formula is C14H18BrN3. The van der Waals surface area contributed by atoms with E-state index in [-0.39, 0.29) is 0 Å². The van der Waals surface area contributed by atoms with E-state index in [2.05, 4.69) is 46.2 Å². The largest absolute Gasteiger partial charge is 0.381 e. The molecule has 1 saturated heterocycles. The van der Waals surface area contributed by atoms with Gasteiger partial charge in [0.15, 0.2) is 0 Å². The maximum atomic E-state index is 8.84. The van der Waals surface area contributed by atoms with Crippen LogP contribution in [0.4, 0.5) is 5.69 Å². The lowest BCUT2D eigenvalue weighted by Gasteiger charge is -2.36. The second kappa shape index (κ2) is 5.73. The lowest BCUT2D eigenvalue weighted by Crippen LogP contribution is -2.42. The molecule has 1 aromatic rings. The summed E-state index contributed by atoms with van der Waals surface area (Å²) in [7, 11) is 2.18. The van der Waals surface area contributed by atoms with Crippen molar-refractivity contribution in [3.8, 4) is 6.07 Å². The fourth-order valence-corrected chi connectivity index (χ4v) is 2.84. The molecule has 0 aliphatic carbocycles. The summed E-state index contributed by atoms with van der Waals surface area (Å²) in [4.78, 5) is 2.39. The summed E-state index contributed by atoms with van der Waals surface area (Å²) in [6.07, 6.45) is 2.32. The molecule has 1 N–H and O–H groups in total. The highest BCUT2D eigenvalue weighted by molar-refractivity contribution is 9.10. The molecule has 0 saturated carbocycles. The number of hydrogen-bond donors (Lipinski definition) is 1. The molecule has 0 bridgehead atoms. The first-order valence-corrected chi connectivity index (χ1v) is 7.06. The molecule has 18 heavy (non-hydrogen) atoms. The number of nitrogens with zero attached hydrogens (tertiary/aromatic N) is 2. The number of anilines is 1. The first-order chi connectivity index (χ1) is 8.60. The monoisotopic (exact) mass is 307 g/mol. The Balaban J connectivity index is 2.04. The number of nitriles is 1. The number of rotatable bonds is 2. The molecule has 1 aromatic carbocycles. The van der Waals surface area contributed by atoms with Crippen molar-refractivity contribution in [3.63, 3.8) is 0 Å². The fraction of sp³-hybridized carbons (Fsp3) is 0.500. The van der Waals surface area contributed by atoms with Crippen LogP contribution >= 0.6 is 15.9 Å². The Labute approximate surface area is 117 Å². The van der Waals surface area contributed by atoms with E-state index in [9.17, 15) is 0 Å². The molecule has 0 amide bonds. The third-order valence-electron chi connectivity index (χ3n) is 3.67. The van der Waals surface area contributed by atoms with Gasteiger partial charge in [0.05, 0.1) is 11.6 Å². The molecule has 2 unspecified atom stereocenters. The number of halogens is 1. The van der Waals surface area contributed by atoms with Crippen LogP contribution in [-0.4, -0.2) is 30.6 Å². The summed E-state index contributed by atoms with van der Waals surface area (Å²) in [5, 5.41) is 12.4. The van der Waals surface area contributed by atoms with E-state index < -0.39 is 0 Å². The molecule has 4 heteroatoms. The molecule has 1 aliphatic rings. The average molecular weight is 308 g/mol. The second-order valence-electron chi connectivity index (χ2n) is 5.00. The third-order valence-corrected chi connectivity index (χ3v) is 4.32. The van der Waals surface area contributed by atoms with Gasteiger partial charge in [-0.25, -0.2) is 0 Å². The SMILES string of the molecule is CC1CC(Nc2ccc(C#N)cc2Br)CCN1C. The maximum absolute atomic E-state index is 8.84. The zero-order valence-electron chi connectivity index (χ0n) is 10.8. The lowest BCUT2D eigenvalue weighted by molar-refractivity contribution is 0.190. The highest BCUT2D eigenvalue weighted by Gasteiger charge is 2.22. The van der Waals surface area contributed by atoms with Crippen molar-refractivity contribution in [1.82, 2.24) is 4.90 Å². The van der Waals surface area contributed by atoms with E-state index in [1.54, 1.807) is 0 Å². The minimum atomic E-state index is 0.514. The van der Waals surface area contributed by atoms with Gasteiger partial charge in [0, 0.05) is 28.8 Å². The zero-order valence-corrected chi connectivity index (χ0v) is 12.4. The van der Waals surface area contributed by atoms with Gasteiger partial charge < -0.3 is 10.2 Å². The first kappa shape index (κ1) is 13.4. The predicted molar refractivity (Wildman–Crippen MR) is 77.6 cm³/mol. The van der Waals surface area contributed by atoms with E-state index in [0.29, 0.717) is 17.6 Å². The molecule has 0 aromatic heterocycles. The van der Waals surface area contributed by atoms with Crippen LogP contribution in [0.15, 0.2) is 22.7 Å². The summed E-state index contributed by atoms with van der Waals surface area (Å²) < 4.78 is 0.966. The van der Waals surface area contributed by atoms with E-state index >= 15 is 0 Å². The van der Waals surface area contributed by atoms with Crippen molar-refractivity contribution in [2.75, 3.05) is 18.9 Å². The van der Waals surface area contributed by atoms with E-state index in [1.165, 1.54) is 0 Å². The van der Waals surface area contributed by atoms with E-state index in [1.807, 2.05) is 18.2 Å². The zero-order chi connectivity index (χ0) is 13.1. The van der Waals surface area contributed by atoms with Crippen LogP contribution in [0.3, 0.4) is 0 Å². The quantitative estimate of drug-likeness (QED) is 0.912. The van der Waals surface area contributed by atoms with Crippen molar-refractivity contribution in [2.24, 2.45) is 0 Å². The number of likely N-dealkylation sites (tertiary alicyclic amines) is 1. The Bertz CT molecular complexity index is 467. The predicted octanol–water partition coefficient (Wildman–Crippen LogP) is 3.22. The molecule has 0 spiro atoms. The van der Waals surface area contributed by atoms with Crippen molar-refractivity contribution < 1.29 is 0 Å². The van der Waals surface area contributed by atoms with Crippen LogP contribution in [0.2, 0.25) is 0 Å². The molecule has 2 rings (SSSR count). The van der Waals surface area contributed by atoms with Gasteiger partial charge in [-0.05, 0) is 60.9 Å². The fourth-order valence-electron chi connectivity index (χ4n) is 2.34. The van der Waals surface area contributed by atoms with Gasteiger partial charge >= 0.3 is 0 Å². The van der Waals surface area contributed by atoms with E-state index in [0.717, 1.165) is 29.5 Å².